The van der Waals surface area contributed by atoms with Crippen molar-refractivity contribution in [2.24, 2.45) is 5.16 Å². The number of aryl methyl sites for hydroxylation is 1. The van der Waals surface area contributed by atoms with Crippen LogP contribution in [0.25, 0.3) is 10.2 Å². The molecular weight excluding hydrogens is 320 g/mol. The molecular formula is C19H20N2O2S. The van der Waals surface area contributed by atoms with E-state index in [4.69, 9.17) is 9.57 Å². The normalized spacial score (nSPS) is 11.7. The average molecular weight is 340 g/mol. The van der Waals surface area contributed by atoms with E-state index >= 15 is 0 Å². The molecule has 24 heavy (non-hydrogen) atoms. The highest BCUT2D eigenvalue weighted by Gasteiger charge is 2.07. The molecule has 0 saturated carbocycles. The fraction of sp³-hybridized carbons (Fsp3) is 0.263. The summed E-state index contributed by atoms with van der Waals surface area (Å²) in [4.78, 5) is 9.71. The van der Waals surface area contributed by atoms with Crippen molar-refractivity contribution in [2.75, 3.05) is 6.61 Å². The maximum atomic E-state index is 5.90. The van der Waals surface area contributed by atoms with Crippen LogP contribution in [0, 0.1) is 6.92 Å². The lowest BCUT2D eigenvalue weighted by atomic mass is 10.1. The van der Waals surface area contributed by atoms with E-state index in [1.54, 1.807) is 11.3 Å². The predicted octanol–water partition coefficient (Wildman–Crippen LogP) is 4.94. The molecule has 0 saturated heterocycles. The summed E-state index contributed by atoms with van der Waals surface area (Å²) in [6.45, 7) is 6.96. The zero-order valence-electron chi connectivity index (χ0n) is 14.1. The molecule has 3 rings (SSSR count). The minimum atomic E-state index is 0.476. The number of thiazole rings is 1. The molecule has 0 spiro atoms. The molecule has 0 aliphatic rings. The van der Waals surface area contributed by atoms with Crippen molar-refractivity contribution in [2.45, 2.75) is 27.4 Å². The van der Waals surface area contributed by atoms with Crippen molar-refractivity contribution in [1.29, 1.82) is 0 Å². The van der Waals surface area contributed by atoms with Gasteiger partial charge in [-0.2, -0.15) is 0 Å². The summed E-state index contributed by atoms with van der Waals surface area (Å²) < 4.78 is 7.08. The van der Waals surface area contributed by atoms with Gasteiger partial charge < -0.3 is 9.57 Å². The average Bonchev–Trinajstić information content (AvgIpc) is 3.01. The second-order valence-corrected chi connectivity index (χ2v) is 6.55. The monoisotopic (exact) mass is 340 g/mol. The summed E-state index contributed by atoms with van der Waals surface area (Å²) in [5.74, 6) is 0.833. The van der Waals surface area contributed by atoms with Gasteiger partial charge in [0, 0.05) is 5.56 Å². The summed E-state index contributed by atoms with van der Waals surface area (Å²) in [7, 11) is 0. The first-order valence-corrected chi connectivity index (χ1v) is 8.74. The SMILES string of the molecule is CCON=C(C)c1ccc(OCc2nc3ccccc3s2)cc1C. The Hall–Kier alpha value is -2.40. The molecule has 0 bridgehead atoms. The zero-order valence-corrected chi connectivity index (χ0v) is 14.9. The molecule has 0 N–H and O–H groups in total. The molecule has 0 radical (unpaired) electrons. The van der Waals surface area contributed by atoms with E-state index < -0.39 is 0 Å². The lowest BCUT2D eigenvalue weighted by molar-refractivity contribution is 0.159. The van der Waals surface area contributed by atoms with E-state index in [0.29, 0.717) is 13.2 Å². The van der Waals surface area contributed by atoms with E-state index in [1.807, 2.05) is 57.2 Å². The van der Waals surface area contributed by atoms with Crippen LogP contribution >= 0.6 is 11.3 Å². The van der Waals surface area contributed by atoms with E-state index in [1.165, 1.54) is 4.70 Å². The Morgan fingerprint density at radius 1 is 1.21 bits per heavy atom. The van der Waals surface area contributed by atoms with Gasteiger partial charge in [0.15, 0.2) is 0 Å². The highest BCUT2D eigenvalue weighted by Crippen LogP contribution is 2.24. The zero-order chi connectivity index (χ0) is 16.9. The summed E-state index contributed by atoms with van der Waals surface area (Å²) in [5.41, 5.74) is 4.07. The molecule has 0 aliphatic heterocycles. The molecule has 124 valence electrons. The second-order valence-electron chi connectivity index (χ2n) is 5.44. The Morgan fingerprint density at radius 2 is 2.04 bits per heavy atom. The molecule has 0 amide bonds. The van der Waals surface area contributed by atoms with Gasteiger partial charge in [-0.05, 0) is 56.7 Å². The summed E-state index contributed by atoms with van der Waals surface area (Å²) in [6.07, 6.45) is 0. The molecule has 0 unspecified atom stereocenters. The molecule has 5 heteroatoms. The maximum Gasteiger partial charge on any atom is 0.140 e. The number of aromatic nitrogens is 1. The molecule has 1 heterocycles. The maximum absolute atomic E-state index is 5.90. The van der Waals surface area contributed by atoms with Gasteiger partial charge in [-0.15, -0.1) is 11.3 Å². The third-order valence-electron chi connectivity index (χ3n) is 3.62. The third kappa shape index (κ3) is 3.74. The lowest BCUT2D eigenvalue weighted by Gasteiger charge is -2.09. The number of rotatable bonds is 6. The second kappa shape index (κ2) is 7.45. The van der Waals surface area contributed by atoms with Crippen LogP contribution in [0.2, 0.25) is 0 Å². The number of ether oxygens (including phenoxy) is 1. The van der Waals surface area contributed by atoms with Crippen LogP contribution in [0.15, 0.2) is 47.6 Å². The van der Waals surface area contributed by atoms with Crippen LogP contribution in [0.1, 0.15) is 30.0 Å². The Morgan fingerprint density at radius 3 is 2.79 bits per heavy atom. The van der Waals surface area contributed by atoms with Gasteiger partial charge in [0.1, 0.15) is 24.0 Å². The van der Waals surface area contributed by atoms with Gasteiger partial charge >= 0.3 is 0 Å². The van der Waals surface area contributed by atoms with Crippen molar-refractivity contribution in [3.8, 4) is 5.75 Å². The topological polar surface area (TPSA) is 43.7 Å². The number of fused-ring (bicyclic) bond motifs is 1. The van der Waals surface area contributed by atoms with Crippen molar-refractivity contribution in [3.63, 3.8) is 0 Å². The van der Waals surface area contributed by atoms with Crippen molar-refractivity contribution in [3.05, 3.63) is 58.6 Å². The molecule has 1 aromatic heterocycles. The van der Waals surface area contributed by atoms with Crippen molar-refractivity contribution < 1.29 is 9.57 Å². The first-order chi connectivity index (χ1) is 11.7. The smallest absolute Gasteiger partial charge is 0.140 e. The van der Waals surface area contributed by atoms with Crippen LogP contribution in [-0.4, -0.2) is 17.3 Å². The number of oxime groups is 1. The minimum Gasteiger partial charge on any atom is -0.486 e. The van der Waals surface area contributed by atoms with Gasteiger partial charge in [0.25, 0.3) is 0 Å². The van der Waals surface area contributed by atoms with Gasteiger partial charge in [0.2, 0.25) is 0 Å². The van der Waals surface area contributed by atoms with E-state index in [2.05, 4.69) is 16.2 Å². The Labute approximate surface area is 145 Å². The van der Waals surface area contributed by atoms with Gasteiger partial charge in [-0.3, -0.25) is 0 Å². The molecule has 4 nitrogen and oxygen atoms in total. The van der Waals surface area contributed by atoms with Gasteiger partial charge in [0.05, 0.1) is 15.9 Å². The quantitative estimate of drug-likeness (QED) is 0.471. The van der Waals surface area contributed by atoms with Crippen LogP contribution in [0.3, 0.4) is 0 Å². The predicted molar refractivity (Wildman–Crippen MR) is 99.0 cm³/mol. The van der Waals surface area contributed by atoms with Crippen LogP contribution < -0.4 is 4.74 Å². The summed E-state index contributed by atoms with van der Waals surface area (Å²) in [5, 5.41) is 5.07. The van der Waals surface area contributed by atoms with Crippen molar-refractivity contribution in [1.82, 2.24) is 4.98 Å². The first kappa shape index (κ1) is 16.5. The minimum absolute atomic E-state index is 0.476. The molecule has 0 fully saturated rings. The highest BCUT2D eigenvalue weighted by atomic mass is 32.1. The molecule has 3 aromatic rings. The summed E-state index contributed by atoms with van der Waals surface area (Å²) >= 11 is 1.67. The molecule has 0 atom stereocenters. The fourth-order valence-electron chi connectivity index (χ4n) is 2.47. The number of hydrogen-bond donors (Lipinski definition) is 0. The van der Waals surface area contributed by atoms with Crippen LogP contribution in [0.5, 0.6) is 5.75 Å². The molecule has 2 aromatic carbocycles. The van der Waals surface area contributed by atoms with Gasteiger partial charge in [-0.1, -0.05) is 17.3 Å². The number of para-hydroxylation sites is 1. The fourth-order valence-corrected chi connectivity index (χ4v) is 3.35. The number of nitrogens with zero attached hydrogens (tertiary/aromatic N) is 2. The number of benzene rings is 2. The largest absolute Gasteiger partial charge is 0.486 e. The van der Waals surface area contributed by atoms with Crippen LogP contribution in [0.4, 0.5) is 0 Å². The summed E-state index contributed by atoms with van der Waals surface area (Å²) in [6, 6.07) is 14.1. The van der Waals surface area contributed by atoms with Crippen molar-refractivity contribution >= 4 is 27.3 Å². The lowest BCUT2D eigenvalue weighted by Crippen LogP contribution is -2.01. The van der Waals surface area contributed by atoms with Crippen LogP contribution in [-0.2, 0) is 11.4 Å². The molecule has 0 aliphatic carbocycles. The van der Waals surface area contributed by atoms with Gasteiger partial charge in [-0.25, -0.2) is 4.98 Å². The van der Waals surface area contributed by atoms with E-state index in [9.17, 15) is 0 Å². The Kier molecular flexibility index (Phi) is 5.11. The highest BCUT2D eigenvalue weighted by molar-refractivity contribution is 7.18. The van der Waals surface area contributed by atoms with E-state index in [0.717, 1.165) is 33.1 Å². The first-order valence-electron chi connectivity index (χ1n) is 7.92. The van der Waals surface area contributed by atoms with E-state index in [-0.39, 0.29) is 0 Å². The Bertz CT molecular complexity index is 838. The Balaban J connectivity index is 1.70. The number of hydrogen-bond acceptors (Lipinski definition) is 5. The standard InChI is InChI=1S/C19H20N2O2S/c1-4-23-21-14(3)16-10-9-15(11-13(16)2)22-12-19-20-17-7-5-6-8-18(17)24-19/h5-11H,4,12H2,1-3H3. The third-order valence-corrected chi connectivity index (χ3v) is 4.63.